The average molecular weight is 569 g/mol. The molecule has 0 saturated carbocycles. The van der Waals surface area contributed by atoms with Gasteiger partial charge in [-0.15, -0.1) is 0 Å². The number of anilines is 2. The SMILES string of the molecule is COc1ccc(Cc2nc(-c3ccccc3)cnc2N)cc1.Nc1ncc(-c2ccccc2)nc1Cc1ccc(O)cc1. The maximum atomic E-state index is 9.32. The van der Waals surface area contributed by atoms with Crippen molar-refractivity contribution in [3.05, 3.63) is 144 Å². The Labute approximate surface area is 250 Å². The van der Waals surface area contributed by atoms with Crippen LogP contribution in [0.25, 0.3) is 22.5 Å². The highest BCUT2D eigenvalue weighted by molar-refractivity contribution is 5.60. The second-order valence-corrected chi connectivity index (χ2v) is 9.77. The summed E-state index contributed by atoms with van der Waals surface area (Å²) in [6.07, 6.45) is 4.62. The van der Waals surface area contributed by atoms with Crippen LogP contribution in [-0.4, -0.2) is 32.2 Å². The van der Waals surface area contributed by atoms with E-state index in [1.807, 2.05) is 97.1 Å². The van der Waals surface area contributed by atoms with Crippen LogP contribution in [0.5, 0.6) is 11.5 Å². The van der Waals surface area contributed by atoms with Crippen LogP contribution in [0.4, 0.5) is 11.6 Å². The summed E-state index contributed by atoms with van der Waals surface area (Å²) in [4.78, 5) is 17.8. The Hall–Kier alpha value is -5.76. The largest absolute Gasteiger partial charge is 0.508 e. The summed E-state index contributed by atoms with van der Waals surface area (Å²) < 4.78 is 5.17. The molecule has 2 heterocycles. The summed E-state index contributed by atoms with van der Waals surface area (Å²) >= 11 is 0. The van der Waals surface area contributed by atoms with Crippen LogP contribution in [0.3, 0.4) is 0 Å². The molecule has 4 aromatic carbocycles. The predicted molar refractivity (Wildman–Crippen MR) is 170 cm³/mol. The summed E-state index contributed by atoms with van der Waals surface area (Å²) in [5.74, 6) is 1.98. The fourth-order valence-electron chi connectivity index (χ4n) is 4.37. The number of benzene rings is 4. The normalized spacial score (nSPS) is 10.4. The monoisotopic (exact) mass is 568 g/mol. The third kappa shape index (κ3) is 7.71. The van der Waals surface area contributed by atoms with E-state index in [4.69, 9.17) is 16.2 Å². The van der Waals surface area contributed by atoms with Gasteiger partial charge in [0.1, 0.15) is 23.1 Å². The quantitative estimate of drug-likeness (QED) is 0.203. The third-order valence-corrected chi connectivity index (χ3v) is 6.73. The van der Waals surface area contributed by atoms with Crippen molar-refractivity contribution in [2.75, 3.05) is 18.6 Å². The van der Waals surface area contributed by atoms with Crippen molar-refractivity contribution in [3.8, 4) is 34.0 Å². The van der Waals surface area contributed by atoms with Gasteiger partial charge in [0, 0.05) is 24.0 Å². The molecule has 0 aliphatic carbocycles. The van der Waals surface area contributed by atoms with E-state index in [0.717, 1.165) is 50.8 Å². The molecule has 8 nitrogen and oxygen atoms in total. The predicted octanol–water partition coefficient (Wildman–Crippen LogP) is 6.35. The van der Waals surface area contributed by atoms with E-state index < -0.39 is 0 Å². The van der Waals surface area contributed by atoms with Crippen LogP contribution in [0.15, 0.2) is 122 Å². The number of phenolic OH excluding ortho intramolecular Hbond substituents is 1. The van der Waals surface area contributed by atoms with E-state index >= 15 is 0 Å². The first-order valence-electron chi connectivity index (χ1n) is 13.7. The van der Waals surface area contributed by atoms with Crippen LogP contribution < -0.4 is 16.2 Å². The van der Waals surface area contributed by atoms with E-state index in [-0.39, 0.29) is 5.75 Å². The molecule has 2 aromatic heterocycles. The summed E-state index contributed by atoms with van der Waals surface area (Å²) in [5.41, 5.74) is 19.2. The highest BCUT2D eigenvalue weighted by Crippen LogP contribution is 2.22. The number of aromatic nitrogens is 4. The number of hydrogen-bond acceptors (Lipinski definition) is 8. The zero-order chi connectivity index (χ0) is 30.0. The highest BCUT2D eigenvalue weighted by atomic mass is 16.5. The first-order chi connectivity index (χ1) is 21.0. The van der Waals surface area contributed by atoms with Gasteiger partial charge in [-0.3, -0.25) is 0 Å². The molecule has 0 saturated heterocycles. The van der Waals surface area contributed by atoms with E-state index in [9.17, 15) is 5.11 Å². The summed E-state index contributed by atoms with van der Waals surface area (Å²) in [6, 6.07) is 34.7. The lowest BCUT2D eigenvalue weighted by Gasteiger charge is -2.08. The summed E-state index contributed by atoms with van der Waals surface area (Å²) in [5, 5.41) is 9.32. The molecule has 0 atom stereocenters. The fourth-order valence-corrected chi connectivity index (χ4v) is 4.37. The molecule has 6 rings (SSSR count). The van der Waals surface area contributed by atoms with Crippen LogP contribution in [0.1, 0.15) is 22.5 Å². The van der Waals surface area contributed by atoms with Gasteiger partial charge in [-0.2, -0.15) is 0 Å². The lowest BCUT2D eigenvalue weighted by molar-refractivity contribution is 0.414. The molecule has 8 heteroatoms. The van der Waals surface area contributed by atoms with Gasteiger partial charge >= 0.3 is 0 Å². The lowest BCUT2D eigenvalue weighted by Crippen LogP contribution is -2.03. The third-order valence-electron chi connectivity index (χ3n) is 6.73. The number of aromatic hydroxyl groups is 1. The van der Waals surface area contributed by atoms with Gasteiger partial charge in [0.05, 0.1) is 42.3 Å². The van der Waals surface area contributed by atoms with Crippen LogP contribution in [-0.2, 0) is 12.8 Å². The van der Waals surface area contributed by atoms with Gasteiger partial charge < -0.3 is 21.3 Å². The minimum absolute atomic E-state index is 0.246. The molecule has 0 fully saturated rings. The zero-order valence-corrected chi connectivity index (χ0v) is 23.8. The van der Waals surface area contributed by atoms with Crippen molar-refractivity contribution in [3.63, 3.8) is 0 Å². The van der Waals surface area contributed by atoms with Gasteiger partial charge in [-0.25, -0.2) is 19.9 Å². The highest BCUT2D eigenvalue weighted by Gasteiger charge is 2.09. The summed E-state index contributed by atoms with van der Waals surface area (Å²) in [6.45, 7) is 0. The number of nitrogen functional groups attached to an aromatic ring is 2. The first kappa shape index (κ1) is 28.8. The molecule has 0 spiro atoms. The molecular weight excluding hydrogens is 536 g/mol. The minimum Gasteiger partial charge on any atom is -0.508 e. The Bertz CT molecular complexity index is 1760. The van der Waals surface area contributed by atoms with E-state index in [2.05, 4.69) is 19.9 Å². The Morgan fingerprint density at radius 3 is 1.42 bits per heavy atom. The van der Waals surface area contributed by atoms with Gasteiger partial charge in [0.15, 0.2) is 0 Å². The number of methoxy groups -OCH3 is 1. The van der Waals surface area contributed by atoms with Crippen LogP contribution >= 0.6 is 0 Å². The molecule has 6 aromatic rings. The first-order valence-corrected chi connectivity index (χ1v) is 13.7. The van der Waals surface area contributed by atoms with E-state index in [1.165, 1.54) is 0 Å². The smallest absolute Gasteiger partial charge is 0.145 e. The molecule has 0 amide bonds. The van der Waals surface area contributed by atoms with Gasteiger partial charge in [0.2, 0.25) is 0 Å². The second kappa shape index (κ2) is 13.7. The second-order valence-electron chi connectivity index (χ2n) is 9.77. The number of ether oxygens (including phenoxy) is 1. The number of rotatable bonds is 7. The van der Waals surface area contributed by atoms with Crippen molar-refractivity contribution < 1.29 is 9.84 Å². The van der Waals surface area contributed by atoms with Crippen LogP contribution in [0.2, 0.25) is 0 Å². The molecule has 0 aliphatic heterocycles. The minimum atomic E-state index is 0.246. The number of nitrogens with two attached hydrogens (primary N) is 2. The van der Waals surface area contributed by atoms with Crippen molar-refractivity contribution in [1.82, 2.24) is 19.9 Å². The standard InChI is InChI=1S/C18H17N3O.C17H15N3O/c1-22-15-9-7-13(8-10-15)11-16-18(19)20-12-17(21-16)14-5-3-2-4-6-14;18-17-15(10-12-6-8-14(21)9-7-12)20-16(11-19-17)13-4-2-1-3-5-13/h2-10,12H,11H2,1H3,(H2,19,20);1-9,11,21H,10H2,(H2,18,19). The zero-order valence-electron chi connectivity index (χ0n) is 23.8. The number of phenols is 1. The summed E-state index contributed by atoms with van der Waals surface area (Å²) in [7, 11) is 1.65. The number of nitrogens with zero attached hydrogens (tertiary/aromatic N) is 4. The molecule has 0 radical (unpaired) electrons. The fraction of sp³-hybridized carbons (Fsp3) is 0.0857. The molecule has 0 bridgehead atoms. The molecule has 43 heavy (non-hydrogen) atoms. The van der Waals surface area contributed by atoms with Gasteiger partial charge in [-0.05, 0) is 35.4 Å². The maximum absolute atomic E-state index is 9.32. The molecular formula is C35H32N6O2. The Morgan fingerprint density at radius 1 is 0.581 bits per heavy atom. The topological polar surface area (TPSA) is 133 Å². The van der Waals surface area contributed by atoms with Crippen molar-refractivity contribution >= 4 is 11.6 Å². The Kier molecular flexibility index (Phi) is 9.19. The van der Waals surface area contributed by atoms with Crippen molar-refractivity contribution in [2.24, 2.45) is 0 Å². The molecule has 0 aliphatic rings. The van der Waals surface area contributed by atoms with Crippen molar-refractivity contribution in [1.29, 1.82) is 0 Å². The molecule has 5 N–H and O–H groups in total. The maximum Gasteiger partial charge on any atom is 0.145 e. The van der Waals surface area contributed by atoms with Crippen molar-refractivity contribution in [2.45, 2.75) is 12.8 Å². The Morgan fingerprint density at radius 2 is 1.00 bits per heavy atom. The average Bonchev–Trinajstić information content (AvgIpc) is 3.06. The van der Waals surface area contributed by atoms with Gasteiger partial charge in [0.25, 0.3) is 0 Å². The Balaban J connectivity index is 0.000000171. The lowest BCUT2D eigenvalue weighted by atomic mass is 10.1. The molecule has 0 unspecified atom stereocenters. The van der Waals surface area contributed by atoms with E-state index in [1.54, 1.807) is 31.6 Å². The van der Waals surface area contributed by atoms with Gasteiger partial charge in [-0.1, -0.05) is 84.9 Å². The van der Waals surface area contributed by atoms with Crippen LogP contribution in [0, 0.1) is 0 Å². The molecule has 214 valence electrons. The number of hydrogen-bond donors (Lipinski definition) is 3. The van der Waals surface area contributed by atoms with E-state index in [0.29, 0.717) is 24.5 Å².